The second-order valence-electron chi connectivity index (χ2n) is 7.12. The van der Waals surface area contributed by atoms with E-state index in [1.165, 1.54) is 16.7 Å². The number of hydrogen-bond donors (Lipinski definition) is 1. The minimum atomic E-state index is -0.705. The van der Waals surface area contributed by atoms with Gasteiger partial charge in [-0.2, -0.15) is 0 Å². The van der Waals surface area contributed by atoms with E-state index >= 15 is 0 Å². The van der Waals surface area contributed by atoms with Crippen molar-refractivity contribution in [3.63, 3.8) is 0 Å². The maximum atomic E-state index is 11.6. The van der Waals surface area contributed by atoms with Crippen LogP contribution < -0.4 is 0 Å². The Kier molecular flexibility index (Phi) is 7.13. The summed E-state index contributed by atoms with van der Waals surface area (Å²) in [5, 5.41) is 10.2. The van der Waals surface area contributed by atoms with Crippen LogP contribution in [0, 0.1) is 5.92 Å². The first-order valence-corrected chi connectivity index (χ1v) is 11.1. The third kappa shape index (κ3) is 4.42. The number of rotatable bonds is 2. The molecule has 0 amide bonds. The molecule has 4 rings (SSSR count). The summed E-state index contributed by atoms with van der Waals surface area (Å²) in [4.78, 5) is 18.6. The number of carboxylic acids is 1. The Morgan fingerprint density at radius 1 is 1.25 bits per heavy atom. The van der Waals surface area contributed by atoms with Gasteiger partial charge in [0.2, 0.25) is 0 Å². The van der Waals surface area contributed by atoms with Crippen molar-refractivity contribution >= 4 is 33.5 Å². The van der Waals surface area contributed by atoms with Crippen molar-refractivity contribution in [2.24, 2.45) is 5.92 Å². The van der Waals surface area contributed by atoms with Gasteiger partial charge in [0.1, 0.15) is 0 Å². The molecular weight excluding hydrogens is 440 g/mol. The second kappa shape index (κ2) is 9.38. The molecule has 6 heteroatoms. The molecule has 1 aromatic heterocycles. The molecule has 2 atom stereocenters. The Morgan fingerprint density at radius 3 is 2.75 bits per heavy atom. The number of nitrogens with zero attached hydrogens (tertiary/aromatic N) is 2. The summed E-state index contributed by atoms with van der Waals surface area (Å²) in [6, 6.07) is 8.18. The number of piperidine rings is 1. The Hall–Kier alpha value is -1.43. The van der Waals surface area contributed by atoms with Gasteiger partial charge in [-0.05, 0) is 83.0 Å². The third-order valence-electron chi connectivity index (χ3n) is 5.46. The van der Waals surface area contributed by atoms with Crippen LogP contribution in [0.1, 0.15) is 55.1 Å². The van der Waals surface area contributed by atoms with E-state index in [1.54, 1.807) is 0 Å². The summed E-state index contributed by atoms with van der Waals surface area (Å²) in [7, 11) is 0. The normalized spacial score (nSPS) is 21.6. The molecule has 0 saturated carbocycles. The lowest BCUT2D eigenvalue weighted by Gasteiger charge is -2.37. The fourth-order valence-corrected chi connectivity index (χ4v) is 4.80. The van der Waals surface area contributed by atoms with Crippen LogP contribution in [0.15, 0.2) is 34.9 Å². The maximum absolute atomic E-state index is 11.6. The van der Waals surface area contributed by atoms with Gasteiger partial charge in [-0.25, -0.2) is 0 Å². The summed E-state index contributed by atoms with van der Waals surface area (Å²) >= 11 is 9.78. The molecule has 150 valence electrons. The molecule has 1 fully saturated rings. The predicted molar refractivity (Wildman–Crippen MR) is 116 cm³/mol. The Bertz CT molecular complexity index is 805. The smallest absolute Gasteiger partial charge is 0.307 e. The van der Waals surface area contributed by atoms with Crippen LogP contribution >= 0.6 is 27.5 Å². The summed E-state index contributed by atoms with van der Waals surface area (Å²) in [5.74, 6) is -1.02. The average Bonchev–Trinajstić information content (AvgIpc) is 2.86. The van der Waals surface area contributed by atoms with Gasteiger partial charge < -0.3 is 5.11 Å². The second-order valence-corrected chi connectivity index (χ2v) is 8.47. The molecule has 28 heavy (non-hydrogen) atoms. The zero-order valence-corrected chi connectivity index (χ0v) is 18.6. The predicted octanol–water partition coefficient (Wildman–Crippen LogP) is 5.51. The Balaban J connectivity index is 0.00000109. The largest absolute Gasteiger partial charge is 0.481 e. The number of carboxylic acid groups (broad SMARTS) is 1. The fraction of sp³-hybridized carbons (Fsp3) is 0.455. The van der Waals surface area contributed by atoms with Crippen LogP contribution in [0.4, 0.5) is 0 Å². The van der Waals surface area contributed by atoms with Crippen molar-refractivity contribution in [3.05, 3.63) is 62.3 Å². The van der Waals surface area contributed by atoms with Crippen molar-refractivity contribution in [1.82, 2.24) is 9.88 Å². The van der Waals surface area contributed by atoms with E-state index < -0.39 is 5.97 Å². The lowest BCUT2D eigenvalue weighted by atomic mass is 9.91. The van der Waals surface area contributed by atoms with Crippen molar-refractivity contribution in [2.45, 2.75) is 45.6 Å². The zero-order chi connectivity index (χ0) is 20.3. The first-order chi connectivity index (χ1) is 13.5. The highest BCUT2D eigenvalue weighted by atomic mass is 79.9. The highest BCUT2D eigenvalue weighted by molar-refractivity contribution is 9.10. The van der Waals surface area contributed by atoms with Gasteiger partial charge in [0, 0.05) is 22.2 Å². The van der Waals surface area contributed by atoms with Crippen molar-refractivity contribution in [3.8, 4) is 0 Å². The van der Waals surface area contributed by atoms with E-state index in [1.807, 2.05) is 32.2 Å². The van der Waals surface area contributed by atoms with E-state index in [0.717, 1.165) is 47.4 Å². The number of aromatic nitrogens is 1. The molecule has 2 aliphatic rings. The van der Waals surface area contributed by atoms with E-state index in [0.29, 0.717) is 6.54 Å². The van der Waals surface area contributed by atoms with Crippen molar-refractivity contribution < 1.29 is 9.90 Å². The number of pyridine rings is 1. The number of benzene rings is 1. The first kappa shape index (κ1) is 21.3. The highest BCUT2D eigenvalue weighted by Crippen LogP contribution is 2.39. The van der Waals surface area contributed by atoms with Crippen LogP contribution in [0.3, 0.4) is 0 Å². The van der Waals surface area contributed by atoms with Gasteiger partial charge in [0.05, 0.1) is 17.7 Å². The highest BCUT2D eigenvalue weighted by Gasteiger charge is 2.35. The molecule has 0 bridgehead atoms. The van der Waals surface area contributed by atoms with Crippen LogP contribution in [-0.4, -0.2) is 34.0 Å². The summed E-state index contributed by atoms with van der Waals surface area (Å²) in [6.45, 7) is 5.44. The molecular formula is C22H26BrClN2O2. The molecule has 1 aliphatic carbocycles. The number of likely N-dealkylation sites (tertiary alicyclic amines) is 1. The number of fused-ring (bicyclic) bond motifs is 2. The zero-order valence-electron chi connectivity index (χ0n) is 16.3. The summed E-state index contributed by atoms with van der Waals surface area (Å²) in [6.07, 6.45) is 5.29. The Labute approximate surface area is 180 Å². The quantitative estimate of drug-likeness (QED) is 0.635. The molecule has 4 nitrogen and oxygen atoms in total. The van der Waals surface area contributed by atoms with E-state index in [2.05, 4.69) is 33.0 Å². The number of hydrogen-bond acceptors (Lipinski definition) is 3. The van der Waals surface area contributed by atoms with E-state index in [4.69, 9.17) is 16.6 Å². The monoisotopic (exact) mass is 464 g/mol. The molecule has 1 aromatic carbocycles. The molecule has 0 radical (unpaired) electrons. The standard InChI is InChI=1S/C20H20BrClN2O2.C2H6/c21-15-8-13-4-3-12-9-16(22)5-6-17(12)19(18(13)23-10-15)24-7-1-2-14(11-24)20(25)26;1-2/h5-6,8-10,14,19H,1-4,7,11H2,(H,25,26);1-2H3. The molecule has 1 saturated heterocycles. The first-order valence-electron chi connectivity index (χ1n) is 9.92. The lowest BCUT2D eigenvalue weighted by Crippen LogP contribution is -2.41. The summed E-state index contributed by atoms with van der Waals surface area (Å²) < 4.78 is 0.973. The molecule has 1 N–H and O–H groups in total. The topological polar surface area (TPSA) is 53.4 Å². The fourth-order valence-electron chi connectivity index (χ4n) is 4.22. The minimum Gasteiger partial charge on any atom is -0.481 e. The Morgan fingerprint density at radius 2 is 2.00 bits per heavy atom. The van der Waals surface area contributed by atoms with Gasteiger partial charge in [0.25, 0.3) is 0 Å². The average molecular weight is 466 g/mol. The van der Waals surface area contributed by atoms with Gasteiger partial charge in [0.15, 0.2) is 0 Å². The van der Waals surface area contributed by atoms with Crippen LogP contribution in [0.25, 0.3) is 0 Å². The number of aliphatic carboxylic acids is 1. The number of aryl methyl sites for hydroxylation is 2. The van der Waals surface area contributed by atoms with Gasteiger partial charge >= 0.3 is 5.97 Å². The van der Waals surface area contributed by atoms with Gasteiger partial charge in [-0.15, -0.1) is 0 Å². The minimum absolute atomic E-state index is 0.0185. The maximum Gasteiger partial charge on any atom is 0.307 e. The number of carbonyl (C=O) groups is 1. The van der Waals surface area contributed by atoms with E-state index in [-0.39, 0.29) is 12.0 Å². The van der Waals surface area contributed by atoms with Gasteiger partial charge in [-0.3, -0.25) is 14.7 Å². The molecule has 2 unspecified atom stereocenters. The molecule has 2 aromatic rings. The van der Waals surface area contributed by atoms with Crippen molar-refractivity contribution in [1.29, 1.82) is 0 Å². The van der Waals surface area contributed by atoms with Gasteiger partial charge in [-0.1, -0.05) is 31.5 Å². The third-order valence-corrected chi connectivity index (χ3v) is 6.13. The van der Waals surface area contributed by atoms with Crippen molar-refractivity contribution in [2.75, 3.05) is 13.1 Å². The van der Waals surface area contributed by atoms with E-state index in [9.17, 15) is 9.90 Å². The number of halogens is 2. The van der Waals surface area contributed by atoms with Crippen LogP contribution in [0.2, 0.25) is 5.02 Å². The molecule has 1 aliphatic heterocycles. The molecule has 0 spiro atoms. The summed E-state index contributed by atoms with van der Waals surface area (Å²) in [5.41, 5.74) is 4.69. The molecule has 2 heterocycles. The SMILES string of the molecule is CC.O=C(O)C1CCCN(C2c3ccc(Cl)cc3CCc3cc(Br)cnc32)C1. The van der Waals surface area contributed by atoms with Crippen LogP contribution in [-0.2, 0) is 17.6 Å². The van der Waals surface area contributed by atoms with Crippen LogP contribution in [0.5, 0.6) is 0 Å². The lowest BCUT2D eigenvalue weighted by molar-refractivity contribution is -0.143.